The van der Waals surface area contributed by atoms with Crippen molar-refractivity contribution in [2.45, 2.75) is 30.0 Å². The van der Waals surface area contributed by atoms with Crippen molar-refractivity contribution in [2.75, 3.05) is 20.8 Å². The zero-order valence-electron chi connectivity index (χ0n) is 15.4. The highest BCUT2D eigenvalue weighted by atomic mass is 32.2. The van der Waals surface area contributed by atoms with Gasteiger partial charge in [-0.25, -0.2) is 0 Å². The Morgan fingerprint density at radius 2 is 1.65 bits per heavy atom. The Morgan fingerprint density at radius 1 is 1.08 bits per heavy atom. The van der Waals surface area contributed by atoms with Gasteiger partial charge in [-0.05, 0) is 26.0 Å². The average molecular weight is 373 g/mol. The zero-order valence-corrected chi connectivity index (χ0v) is 16.2. The second-order valence-electron chi connectivity index (χ2n) is 6.67. The molecule has 1 aliphatic carbocycles. The summed E-state index contributed by atoms with van der Waals surface area (Å²) < 4.78 is 11.2. The molecule has 0 N–H and O–H groups in total. The smallest absolute Gasteiger partial charge is 0.237 e. The number of carbonyl (C=O) groups is 2. The molecule has 0 saturated carbocycles. The Balaban J connectivity index is 2.13. The van der Waals surface area contributed by atoms with E-state index in [1.807, 2.05) is 49.1 Å². The fourth-order valence-electron chi connectivity index (χ4n) is 3.59. The molecule has 0 radical (unpaired) electrons. The normalized spacial score (nSPS) is 21.9. The van der Waals surface area contributed by atoms with E-state index in [2.05, 4.69) is 0 Å². The van der Waals surface area contributed by atoms with Crippen LogP contribution in [0.4, 0.5) is 0 Å². The summed E-state index contributed by atoms with van der Waals surface area (Å²) in [5, 5.41) is -0.474. The van der Waals surface area contributed by atoms with Crippen molar-refractivity contribution in [3.8, 4) is 0 Å². The lowest BCUT2D eigenvalue weighted by Crippen LogP contribution is -2.41. The summed E-state index contributed by atoms with van der Waals surface area (Å²) in [5.41, 5.74) is -0.820. The minimum absolute atomic E-state index is 0.0223. The topological polar surface area (TPSA) is 55.8 Å². The van der Waals surface area contributed by atoms with E-state index < -0.39 is 10.7 Å². The predicted molar refractivity (Wildman–Crippen MR) is 101 cm³/mol. The van der Waals surface area contributed by atoms with Crippen molar-refractivity contribution in [2.24, 2.45) is 5.41 Å². The quantitative estimate of drug-likeness (QED) is 0.794. The van der Waals surface area contributed by atoms with Crippen molar-refractivity contribution in [3.63, 3.8) is 0 Å². The lowest BCUT2D eigenvalue weighted by atomic mass is 9.78. The highest BCUT2D eigenvalue weighted by Crippen LogP contribution is 2.53. The first kappa shape index (κ1) is 18.6. The summed E-state index contributed by atoms with van der Waals surface area (Å²) in [6.45, 7) is 4.39. The third-order valence-corrected chi connectivity index (χ3v) is 6.25. The summed E-state index contributed by atoms with van der Waals surface area (Å²) in [4.78, 5) is 28.2. The molecule has 1 unspecified atom stereocenters. The first-order valence-electron chi connectivity index (χ1n) is 8.52. The maximum atomic E-state index is 13.3. The van der Waals surface area contributed by atoms with Gasteiger partial charge in [0.1, 0.15) is 22.2 Å². The number of methoxy groups -OCH3 is 2. The third-order valence-electron chi connectivity index (χ3n) is 4.86. The lowest BCUT2D eigenvalue weighted by Gasteiger charge is -2.37. The van der Waals surface area contributed by atoms with E-state index in [-0.39, 0.29) is 17.7 Å². The van der Waals surface area contributed by atoms with Crippen LogP contribution in [0.3, 0.4) is 0 Å². The number of hydrogen-bond donors (Lipinski definition) is 0. The largest absolute Gasteiger partial charge is 0.500 e. The van der Waals surface area contributed by atoms with Crippen LogP contribution in [0.1, 0.15) is 13.8 Å². The fraction of sp³-hybridized carbons (Fsp3) is 0.400. The predicted octanol–water partition coefficient (Wildman–Crippen LogP) is 3.03. The summed E-state index contributed by atoms with van der Waals surface area (Å²) >= 11 is 1.48. The standard InChI is InChI=1S/C20H23NO4S/c1-13(2)21-12-20(16(24-3)10-14(22)11-17(20)25-4)18(19(21)23)26-15-8-6-5-7-9-15/h5-11,13,18H,12H2,1-4H3. The number of ketones is 1. The molecule has 1 aromatic rings. The van der Waals surface area contributed by atoms with Gasteiger partial charge in [-0.1, -0.05) is 18.2 Å². The van der Waals surface area contributed by atoms with Crippen LogP contribution in [0.5, 0.6) is 0 Å². The molecule has 1 aliphatic heterocycles. The molecule has 1 aromatic carbocycles. The maximum absolute atomic E-state index is 13.3. The third kappa shape index (κ3) is 2.92. The van der Waals surface area contributed by atoms with Gasteiger partial charge in [-0.15, -0.1) is 11.8 Å². The lowest BCUT2D eigenvalue weighted by molar-refractivity contribution is -0.128. The van der Waals surface area contributed by atoms with Gasteiger partial charge < -0.3 is 14.4 Å². The molecule has 1 saturated heterocycles. The monoisotopic (exact) mass is 373 g/mol. The number of carbonyl (C=O) groups excluding carboxylic acids is 2. The van der Waals surface area contributed by atoms with Gasteiger partial charge in [-0.3, -0.25) is 9.59 Å². The van der Waals surface area contributed by atoms with Gasteiger partial charge in [0.2, 0.25) is 5.91 Å². The van der Waals surface area contributed by atoms with Crippen LogP contribution in [0.15, 0.2) is 58.9 Å². The van der Waals surface area contributed by atoms with E-state index in [0.29, 0.717) is 18.1 Å². The van der Waals surface area contributed by atoms with Gasteiger partial charge in [0.15, 0.2) is 5.78 Å². The second kappa shape index (κ2) is 7.19. The molecule has 138 valence electrons. The zero-order chi connectivity index (χ0) is 18.9. The molecule has 0 aromatic heterocycles. The molecule has 5 nitrogen and oxygen atoms in total. The Bertz CT molecular complexity index is 745. The molecule has 2 aliphatic rings. The number of amides is 1. The molecule has 6 heteroatoms. The number of allylic oxidation sites excluding steroid dienone is 2. The van der Waals surface area contributed by atoms with Crippen LogP contribution in [-0.2, 0) is 19.1 Å². The van der Waals surface area contributed by atoms with Gasteiger partial charge in [0, 0.05) is 29.6 Å². The van der Waals surface area contributed by atoms with Crippen molar-refractivity contribution in [1.29, 1.82) is 0 Å². The van der Waals surface area contributed by atoms with Crippen LogP contribution < -0.4 is 0 Å². The minimum Gasteiger partial charge on any atom is -0.500 e. The summed E-state index contributed by atoms with van der Waals surface area (Å²) in [5.74, 6) is 0.788. The van der Waals surface area contributed by atoms with Gasteiger partial charge in [0.25, 0.3) is 0 Å². The second-order valence-corrected chi connectivity index (χ2v) is 7.85. The van der Waals surface area contributed by atoms with Crippen LogP contribution in [0.2, 0.25) is 0 Å². The molecule has 1 fully saturated rings. The van der Waals surface area contributed by atoms with Crippen LogP contribution in [-0.4, -0.2) is 48.6 Å². The molecule has 1 heterocycles. The fourth-order valence-corrected chi connectivity index (χ4v) is 4.92. The minimum atomic E-state index is -0.820. The van der Waals surface area contributed by atoms with Crippen LogP contribution in [0, 0.1) is 5.41 Å². The number of rotatable bonds is 5. The van der Waals surface area contributed by atoms with E-state index in [4.69, 9.17) is 9.47 Å². The average Bonchev–Trinajstić information content (AvgIpc) is 2.92. The van der Waals surface area contributed by atoms with Crippen molar-refractivity contribution >= 4 is 23.5 Å². The van der Waals surface area contributed by atoms with E-state index in [9.17, 15) is 9.59 Å². The highest BCUT2D eigenvalue weighted by Gasteiger charge is 2.60. The number of likely N-dealkylation sites (tertiary alicyclic amines) is 1. The number of nitrogens with zero attached hydrogens (tertiary/aromatic N) is 1. The number of benzene rings is 1. The van der Waals surface area contributed by atoms with Gasteiger partial charge in [0.05, 0.1) is 14.2 Å². The Hall–Kier alpha value is -2.21. The number of thioether (sulfide) groups is 1. The molecular weight excluding hydrogens is 350 g/mol. The van der Waals surface area contributed by atoms with E-state index in [0.717, 1.165) is 4.90 Å². The first-order chi connectivity index (χ1) is 12.4. The molecule has 1 amide bonds. The molecule has 1 spiro atoms. The van der Waals surface area contributed by atoms with Crippen LogP contribution in [0.25, 0.3) is 0 Å². The van der Waals surface area contributed by atoms with Gasteiger partial charge >= 0.3 is 0 Å². The Labute approximate surface area is 158 Å². The first-order valence-corrected chi connectivity index (χ1v) is 9.40. The van der Waals surface area contributed by atoms with E-state index in [1.165, 1.54) is 38.1 Å². The number of ether oxygens (including phenoxy) is 2. The molecular formula is C20H23NO4S. The molecule has 0 bridgehead atoms. The van der Waals surface area contributed by atoms with Crippen molar-refractivity contribution < 1.29 is 19.1 Å². The number of hydrogen-bond acceptors (Lipinski definition) is 5. The molecule has 3 rings (SSSR count). The Morgan fingerprint density at radius 3 is 2.15 bits per heavy atom. The van der Waals surface area contributed by atoms with Crippen molar-refractivity contribution in [1.82, 2.24) is 4.90 Å². The molecule has 26 heavy (non-hydrogen) atoms. The maximum Gasteiger partial charge on any atom is 0.237 e. The van der Waals surface area contributed by atoms with E-state index in [1.54, 1.807) is 0 Å². The van der Waals surface area contributed by atoms with Gasteiger partial charge in [-0.2, -0.15) is 0 Å². The van der Waals surface area contributed by atoms with E-state index >= 15 is 0 Å². The summed E-state index contributed by atoms with van der Waals surface area (Å²) in [6.07, 6.45) is 2.94. The highest BCUT2D eigenvalue weighted by molar-refractivity contribution is 8.00. The molecule has 1 atom stereocenters. The Kier molecular flexibility index (Phi) is 5.14. The van der Waals surface area contributed by atoms with Crippen LogP contribution >= 0.6 is 11.8 Å². The summed E-state index contributed by atoms with van der Waals surface area (Å²) in [7, 11) is 3.07. The van der Waals surface area contributed by atoms with Crippen molar-refractivity contribution in [3.05, 3.63) is 54.0 Å². The summed E-state index contributed by atoms with van der Waals surface area (Å²) in [6, 6.07) is 9.82. The SMILES string of the molecule is COC1=CC(=O)C=C(OC)C12CN(C(C)C)C(=O)C2Sc1ccccc1.